The van der Waals surface area contributed by atoms with Gasteiger partial charge in [0.2, 0.25) is 0 Å². The fraction of sp³-hybridized carbons (Fsp3) is 0.455. The lowest BCUT2D eigenvalue weighted by Gasteiger charge is -2.30. The first kappa shape index (κ1) is 9.86. The molecule has 0 radical (unpaired) electrons. The average molecular weight is 381 g/mol. The highest BCUT2D eigenvalue weighted by Gasteiger charge is 2.57. The standard InChI is InChI=1S/C11H9Br3/c12-9-7-5-11(14,10(9)13)8-4-2-1-3-6(7)8/h1-4,7,9-10H,5H2/t7-,9+,10+,11+/m0/s1. The first-order valence-corrected chi connectivity index (χ1v) is 7.33. The van der Waals surface area contributed by atoms with Crippen LogP contribution in [0.3, 0.4) is 0 Å². The van der Waals surface area contributed by atoms with Crippen LogP contribution in [0.2, 0.25) is 0 Å². The van der Waals surface area contributed by atoms with Crippen LogP contribution in [0.15, 0.2) is 24.3 Å². The van der Waals surface area contributed by atoms with E-state index < -0.39 is 0 Å². The third-order valence-corrected chi connectivity index (χ3v) is 8.51. The van der Waals surface area contributed by atoms with Crippen molar-refractivity contribution in [1.82, 2.24) is 0 Å². The Bertz CT molecular complexity index is 390. The molecule has 2 aliphatic carbocycles. The molecule has 1 aromatic carbocycles. The van der Waals surface area contributed by atoms with Gasteiger partial charge in [-0.1, -0.05) is 72.1 Å². The maximum Gasteiger partial charge on any atom is 0.0650 e. The molecule has 0 N–H and O–H groups in total. The molecule has 0 nitrogen and oxygen atoms in total. The van der Waals surface area contributed by atoms with Gasteiger partial charge in [-0.2, -0.15) is 0 Å². The summed E-state index contributed by atoms with van der Waals surface area (Å²) in [4.78, 5) is 1.05. The molecule has 74 valence electrons. The molecule has 0 aliphatic heterocycles. The summed E-state index contributed by atoms with van der Waals surface area (Å²) in [5, 5.41) is 0. The smallest absolute Gasteiger partial charge is 0.0650 e. The predicted molar refractivity (Wildman–Crippen MR) is 69.8 cm³/mol. The zero-order chi connectivity index (χ0) is 9.92. The zero-order valence-corrected chi connectivity index (χ0v) is 12.1. The predicted octanol–water partition coefficient (Wildman–Crippen LogP) is 4.30. The molecule has 1 aromatic rings. The Kier molecular flexibility index (Phi) is 2.17. The second kappa shape index (κ2) is 3.08. The van der Waals surface area contributed by atoms with Crippen LogP contribution in [0.25, 0.3) is 0 Å². The van der Waals surface area contributed by atoms with Crippen molar-refractivity contribution in [3.63, 3.8) is 0 Å². The van der Waals surface area contributed by atoms with E-state index in [0.717, 1.165) is 0 Å². The Morgan fingerprint density at radius 1 is 1.21 bits per heavy atom. The minimum absolute atomic E-state index is 0.155. The van der Waals surface area contributed by atoms with E-state index in [-0.39, 0.29) is 4.32 Å². The summed E-state index contributed by atoms with van der Waals surface area (Å²) in [6.07, 6.45) is 1.21. The minimum Gasteiger partial charge on any atom is -0.0871 e. The molecule has 0 spiro atoms. The highest BCUT2D eigenvalue weighted by Crippen LogP contribution is 2.64. The summed E-state index contributed by atoms with van der Waals surface area (Å²) in [6.45, 7) is 0. The lowest BCUT2D eigenvalue weighted by Crippen LogP contribution is -2.30. The molecule has 1 fully saturated rings. The lowest BCUT2D eigenvalue weighted by molar-refractivity contribution is 0.714. The van der Waals surface area contributed by atoms with Crippen molar-refractivity contribution in [3.05, 3.63) is 35.4 Å². The summed E-state index contributed by atoms with van der Waals surface area (Å²) >= 11 is 11.5. The second-order valence-corrected chi connectivity index (χ2v) is 7.57. The number of hydrogen-bond acceptors (Lipinski definition) is 0. The van der Waals surface area contributed by atoms with E-state index in [1.54, 1.807) is 0 Å². The number of benzene rings is 1. The van der Waals surface area contributed by atoms with Gasteiger partial charge >= 0.3 is 0 Å². The number of fused-ring (bicyclic) bond motifs is 5. The van der Waals surface area contributed by atoms with Crippen molar-refractivity contribution >= 4 is 47.8 Å². The Morgan fingerprint density at radius 2 is 1.93 bits per heavy atom. The molecular weight excluding hydrogens is 372 g/mol. The van der Waals surface area contributed by atoms with Crippen molar-refractivity contribution in [2.75, 3.05) is 0 Å². The van der Waals surface area contributed by atoms with Crippen molar-refractivity contribution in [2.45, 2.75) is 26.3 Å². The van der Waals surface area contributed by atoms with Gasteiger partial charge in [0.1, 0.15) is 0 Å². The van der Waals surface area contributed by atoms with Crippen LogP contribution in [0, 0.1) is 0 Å². The molecule has 0 aromatic heterocycles. The third-order valence-electron chi connectivity index (χ3n) is 3.43. The van der Waals surface area contributed by atoms with E-state index in [4.69, 9.17) is 0 Å². The van der Waals surface area contributed by atoms with Crippen molar-refractivity contribution < 1.29 is 0 Å². The largest absolute Gasteiger partial charge is 0.0871 e. The number of rotatable bonds is 0. The topological polar surface area (TPSA) is 0 Å². The molecule has 3 rings (SSSR count). The maximum atomic E-state index is 3.91. The Labute approximate surface area is 109 Å². The Hall–Kier alpha value is 0.660. The summed E-state index contributed by atoms with van der Waals surface area (Å²) in [7, 11) is 0. The first-order chi connectivity index (χ1) is 6.64. The van der Waals surface area contributed by atoms with Gasteiger partial charge < -0.3 is 0 Å². The van der Waals surface area contributed by atoms with Gasteiger partial charge in [-0.3, -0.25) is 0 Å². The highest BCUT2D eigenvalue weighted by atomic mass is 79.9. The van der Waals surface area contributed by atoms with E-state index in [1.165, 1.54) is 17.5 Å². The molecule has 0 unspecified atom stereocenters. The van der Waals surface area contributed by atoms with Crippen molar-refractivity contribution in [3.8, 4) is 0 Å². The summed E-state index contributed by atoms with van der Waals surface area (Å²) < 4.78 is 0.155. The monoisotopic (exact) mass is 378 g/mol. The Balaban J connectivity index is 2.24. The van der Waals surface area contributed by atoms with Gasteiger partial charge in [-0.05, 0) is 23.5 Å². The summed E-state index contributed by atoms with van der Waals surface area (Å²) in [5.41, 5.74) is 2.99. The van der Waals surface area contributed by atoms with Crippen LogP contribution in [0.4, 0.5) is 0 Å². The van der Waals surface area contributed by atoms with Crippen LogP contribution in [0.5, 0.6) is 0 Å². The molecule has 4 atom stereocenters. The van der Waals surface area contributed by atoms with Crippen LogP contribution >= 0.6 is 47.8 Å². The molecule has 0 heterocycles. The van der Waals surface area contributed by atoms with E-state index in [1.807, 2.05) is 0 Å². The number of hydrogen-bond donors (Lipinski definition) is 0. The van der Waals surface area contributed by atoms with Gasteiger partial charge in [0.15, 0.2) is 0 Å². The van der Waals surface area contributed by atoms with Crippen LogP contribution in [-0.4, -0.2) is 9.65 Å². The Morgan fingerprint density at radius 3 is 2.71 bits per heavy atom. The lowest BCUT2D eigenvalue weighted by atomic mass is 9.92. The van der Waals surface area contributed by atoms with Gasteiger partial charge in [-0.25, -0.2) is 0 Å². The first-order valence-electron chi connectivity index (χ1n) is 4.71. The molecule has 3 heteroatoms. The quantitative estimate of drug-likeness (QED) is 0.588. The fourth-order valence-corrected chi connectivity index (χ4v) is 5.81. The molecule has 0 saturated heterocycles. The molecule has 1 saturated carbocycles. The molecular formula is C11H9Br3. The van der Waals surface area contributed by atoms with Crippen molar-refractivity contribution in [2.24, 2.45) is 0 Å². The van der Waals surface area contributed by atoms with E-state index in [9.17, 15) is 0 Å². The molecule has 2 aliphatic rings. The highest BCUT2D eigenvalue weighted by molar-refractivity contribution is 9.13. The average Bonchev–Trinajstić information content (AvgIpc) is 2.62. The molecule has 14 heavy (non-hydrogen) atoms. The van der Waals surface area contributed by atoms with Gasteiger partial charge in [-0.15, -0.1) is 0 Å². The van der Waals surface area contributed by atoms with Crippen LogP contribution in [-0.2, 0) is 4.32 Å². The second-order valence-electron chi connectivity index (χ2n) is 4.11. The number of halogens is 3. The van der Waals surface area contributed by atoms with Gasteiger partial charge in [0.05, 0.1) is 4.32 Å². The van der Waals surface area contributed by atoms with Crippen LogP contribution in [0.1, 0.15) is 23.5 Å². The SMILES string of the molecule is Br[C@H]1[C@@H](Br)[C@@]2(Br)C[C@H]1c1ccccc12. The normalized spacial score (nSPS) is 44.1. The van der Waals surface area contributed by atoms with E-state index in [2.05, 4.69) is 72.1 Å². The summed E-state index contributed by atoms with van der Waals surface area (Å²) in [6, 6.07) is 8.78. The van der Waals surface area contributed by atoms with Gasteiger partial charge in [0, 0.05) is 9.65 Å². The molecule has 0 amide bonds. The summed E-state index contributed by atoms with van der Waals surface area (Å²) in [5.74, 6) is 0.662. The number of alkyl halides is 3. The minimum atomic E-state index is 0.155. The van der Waals surface area contributed by atoms with Crippen molar-refractivity contribution in [1.29, 1.82) is 0 Å². The maximum absolute atomic E-state index is 3.91. The fourth-order valence-electron chi connectivity index (χ4n) is 2.74. The van der Waals surface area contributed by atoms with Gasteiger partial charge in [0.25, 0.3) is 0 Å². The zero-order valence-electron chi connectivity index (χ0n) is 7.38. The van der Waals surface area contributed by atoms with Crippen LogP contribution < -0.4 is 0 Å². The molecule has 2 bridgehead atoms. The van der Waals surface area contributed by atoms with E-state index in [0.29, 0.717) is 15.6 Å². The third kappa shape index (κ3) is 1.04. The van der Waals surface area contributed by atoms with E-state index >= 15 is 0 Å².